The summed E-state index contributed by atoms with van der Waals surface area (Å²) in [5.74, 6) is 0.528. The lowest BCUT2D eigenvalue weighted by molar-refractivity contribution is 0.121. The van der Waals surface area contributed by atoms with E-state index in [9.17, 15) is 8.78 Å². The van der Waals surface area contributed by atoms with Gasteiger partial charge in [0.05, 0.1) is 6.61 Å². The van der Waals surface area contributed by atoms with E-state index in [0.29, 0.717) is 24.4 Å². The highest BCUT2D eigenvalue weighted by Crippen LogP contribution is 2.17. The largest absolute Gasteiger partial charge is 0.383 e. The van der Waals surface area contributed by atoms with E-state index in [1.165, 1.54) is 12.1 Å². The molecule has 28 heavy (non-hydrogen) atoms. The van der Waals surface area contributed by atoms with Gasteiger partial charge in [-0.15, -0.1) is 24.0 Å². The van der Waals surface area contributed by atoms with Gasteiger partial charge >= 0.3 is 0 Å². The maximum atomic E-state index is 13.7. The van der Waals surface area contributed by atoms with Gasteiger partial charge in [0.2, 0.25) is 0 Å². The van der Waals surface area contributed by atoms with Crippen LogP contribution in [0.4, 0.5) is 8.78 Å². The topological polar surface area (TPSA) is 48.9 Å². The summed E-state index contributed by atoms with van der Waals surface area (Å²) in [7, 11) is 1.74. The van der Waals surface area contributed by atoms with Crippen molar-refractivity contribution in [1.82, 2.24) is 15.5 Å². The van der Waals surface area contributed by atoms with Gasteiger partial charge in [-0.3, -0.25) is 4.99 Å². The second kappa shape index (κ2) is 14.1. The van der Waals surface area contributed by atoms with Crippen LogP contribution < -0.4 is 10.6 Å². The van der Waals surface area contributed by atoms with E-state index >= 15 is 0 Å². The quantitative estimate of drug-likeness (QED) is 0.305. The Morgan fingerprint density at radius 3 is 2.68 bits per heavy atom. The minimum atomic E-state index is -0.413. The Labute approximate surface area is 184 Å². The molecule has 160 valence electrons. The van der Waals surface area contributed by atoms with E-state index in [-0.39, 0.29) is 29.8 Å². The summed E-state index contributed by atoms with van der Waals surface area (Å²) in [6, 6.07) is 3.56. The van der Waals surface area contributed by atoms with Crippen LogP contribution in [0.1, 0.15) is 25.3 Å². The summed E-state index contributed by atoms with van der Waals surface area (Å²) in [5.41, 5.74) is 0.377. The van der Waals surface area contributed by atoms with Crippen molar-refractivity contribution in [3.63, 3.8) is 0 Å². The Morgan fingerprint density at radius 2 is 2.00 bits per heavy atom. The molecule has 0 aromatic heterocycles. The van der Waals surface area contributed by atoms with Gasteiger partial charge < -0.3 is 20.3 Å². The molecule has 5 nitrogen and oxygen atoms in total. The highest BCUT2D eigenvalue weighted by Gasteiger charge is 2.18. The average molecular weight is 510 g/mol. The van der Waals surface area contributed by atoms with Crippen LogP contribution >= 0.6 is 24.0 Å². The highest BCUT2D eigenvalue weighted by atomic mass is 127. The number of guanidine groups is 1. The Balaban J connectivity index is 0.00000392. The summed E-state index contributed by atoms with van der Waals surface area (Å²) >= 11 is 0. The van der Waals surface area contributed by atoms with Gasteiger partial charge in [-0.2, -0.15) is 0 Å². The van der Waals surface area contributed by atoms with Gasteiger partial charge in [0.15, 0.2) is 5.96 Å². The Morgan fingerprint density at radius 1 is 1.25 bits per heavy atom. The third kappa shape index (κ3) is 9.00. The second-order valence-corrected chi connectivity index (χ2v) is 6.91. The van der Waals surface area contributed by atoms with Crippen molar-refractivity contribution >= 4 is 29.9 Å². The molecule has 0 bridgehead atoms. The number of likely N-dealkylation sites (tertiary alicyclic amines) is 1. The van der Waals surface area contributed by atoms with Crippen LogP contribution in [0.25, 0.3) is 0 Å². The number of benzene rings is 1. The highest BCUT2D eigenvalue weighted by molar-refractivity contribution is 14.0. The number of ether oxygens (including phenoxy) is 1. The zero-order chi connectivity index (χ0) is 19.5. The Bertz CT molecular complexity index is 596. The Kier molecular flexibility index (Phi) is 12.6. The number of aliphatic imine (C=N–C) groups is 1. The van der Waals surface area contributed by atoms with E-state index in [2.05, 4.69) is 20.5 Å². The summed E-state index contributed by atoms with van der Waals surface area (Å²) in [4.78, 5) is 7.11. The number of nitrogens with one attached hydrogen (secondary N) is 2. The summed E-state index contributed by atoms with van der Waals surface area (Å²) in [6.07, 6.45) is 2.69. The average Bonchev–Trinajstić information content (AvgIpc) is 2.68. The van der Waals surface area contributed by atoms with Crippen molar-refractivity contribution in [2.45, 2.75) is 26.2 Å². The fourth-order valence-corrected chi connectivity index (χ4v) is 3.23. The van der Waals surface area contributed by atoms with Crippen molar-refractivity contribution in [3.8, 4) is 0 Å². The van der Waals surface area contributed by atoms with Crippen LogP contribution in [-0.2, 0) is 11.2 Å². The van der Waals surface area contributed by atoms with Gasteiger partial charge in [-0.1, -0.05) is 0 Å². The van der Waals surface area contributed by atoms with Gasteiger partial charge in [-0.05, 0) is 69.0 Å². The minimum Gasteiger partial charge on any atom is -0.383 e. The first-order valence-electron chi connectivity index (χ1n) is 9.79. The summed E-state index contributed by atoms with van der Waals surface area (Å²) in [5, 5.41) is 6.43. The molecule has 0 amide bonds. The van der Waals surface area contributed by atoms with E-state index in [1.54, 1.807) is 7.11 Å². The Hall–Kier alpha value is -1.00. The molecule has 1 aromatic carbocycles. The van der Waals surface area contributed by atoms with Crippen LogP contribution in [0.5, 0.6) is 0 Å². The predicted molar refractivity (Wildman–Crippen MR) is 120 cm³/mol. The van der Waals surface area contributed by atoms with E-state index < -0.39 is 5.82 Å². The van der Waals surface area contributed by atoms with Gasteiger partial charge in [0, 0.05) is 33.3 Å². The van der Waals surface area contributed by atoms with Gasteiger partial charge in [0.1, 0.15) is 11.6 Å². The van der Waals surface area contributed by atoms with Gasteiger partial charge in [0.25, 0.3) is 0 Å². The number of nitrogens with zero attached hydrogens (tertiary/aromatic N) is 2. The maximum Gasteiger partial charge on any atom is 0.191 e. The molecule has 0 radical (unpaired) electrons. The van der Waals surface area contributed by atoms with E-state index in [1.807, 2.05) is 6.92 Å². The molecule has 1 saturated heterocycles. The first kappa shape index (κ1) is 25.0. The third-order valence-corrected chi connectivity index (χ3v) is 4.87. The molecule has 8 heteroatoms. The first-order chi connectivity index (χ1) is 13.1. The van der Waals surface area contributed by atoms with Crippen LogP contribution in [0, 0.1) is 17.6 Å². The smallest absolute Gasteiger partial charge is 0.191 e. The molecular formula is C20H33F2IN4O. The zero-order valence-corrected chi connectivity index (χ0v) is 19.2. The molecule has 1 aliphatic rings. The van der Waals surface area contributed by atoms with E-state index in [4.69, 9.17) is 4.74 Å². The lowest BCUT2D eigenvalue weighted by Crippen LogP contribution is -2.40. The molecule has 1 fully saturated rings. The molecule has 2 rings (SSSR count). The van der Waals surface area contributed by atoms with Crippen molar-refractivity contribution in [2.24, 2.45) is 10.9 Å². The molecule has 0 spiro atoms. The monoisotopic (exact) mass is 510 g/mol. The molecule has 0 saturated carbocycles. The fraction of sp³-hybridized carbons (Fsp3) is 0.650. The van der Waals surface area contributed by atoms with Crippen LogP contribution in [0.2, 0.25) is 0 Å². The van der Waals surface area contributed by atoms with Crippen LogP contribution in [0.15, 0.2) is 23.2 Å². The molecule has 1 aliphatic heterocycles. The number of hydrogen-bond donors (Lipinski definition) is 2. The number of methoxy groups -OCH3 is 1. The first-order valence-corrected chi connectivity index (χ1v) is 9.79. The van der Waals surface area contributed by atoms with Crippen molar-refractivity contribution in [2.75, 3.05) is 53.0 Å². The molecule has 0 aliphatic carbocycles. The molecule has 1 heterocycles. The van der Waals surface area contributed by atoms with Gasteiger partial charge in [-0.25, -0.2) is 8.78 Å². The predicted octanol–water partition coefficient (Wildman–Crippen LogP) is 3.04. The maximum absolute atomic E-state index is 13.7. The second-order valence-electron chi connectivity index (χ2n) is 6.91. The number of piperidine rings is 1. The standard InChI is InChI=1S/C20H32F2N4O.HI/c1-3-23-20(24-9-6-17-14-18(21)4-5-19(17)22)25-15-16-7-10-26(11-8-16)12-13-27-2;/h4-5,14,16H,3,6-13,15H2,1-2H3,(H2,23,24,25);1H. The fourth-order valence-electron chi connectivity index (χ4n) is 3.23. The number of hydrogen-bond acceptors (Lipinski definition) is 3. The van der Waals surface area contributed by atoms with Crippen LogP contribution in [-0.4, -0.2) is 63.8 Å². The zero-order valence-electron chi connectivity index (χ0n) is 16.8. The normalized spacial score (nSPS) is 15.9. The van der Waals surface area contributed by atoms with E-state index in [0.717, 1.165) is 64.2 Å². The number of halogens is 3. The molecule has 0 unspecified atom stereocenters. The van der Waals surface area contributed by atoms with Crippen molar-refractivity contribution in [1.29, 1.82) is 0 Å². The third-order valence-electron chi connectivity index (χ3n) is 4.87. The molecular weight excluding hydrogens is 477 g/mol. The lowest BCUT2D eigenvalue weighted by atomic mass is 9.97. The lowest BCUT2D eigenvalue weighted by Gasteiger charge is -2.31. The summed E-state index contributed by atoms with van der Waals surface area (Å²) in [6.45, 7) is 8.01. The number of rotatable bonds is 9. The summed E-state index contributed by atoms with van der Waals surface area (Å²) < 4.78 is 32.1. The van der Waals surface area contributed by atoms with Crippen LogP contribution in [0.3, 0.4) is 0 Å². The molecule has 0 atom stereocenters. The minimum absolute atomic E-state index is 0. The molecule has 2 N–H and O–H groups in total. The van der Waals surface area contributed by atoms with Crippen molar-refractivity contribution in [3.05, 3.63) is 35.4 Å². The van der Waals surface area contributed by atoms with Crippen molar-refractivity contribution < 1.29 is 13.5 Å². The SMILES string of the molecule is CCNC(=NCC1CCN(CCOC)CC1)NCCc1cc(F)ccc1F.I. The molecule has 1 aromatic rings.